The Morgan fingerprint density at radius 1 is 0.769 bits per heavy atom. The van der Waals surface area contributed by atoms with Crippen LogP contribution in [-0.4, -0.2) is 6.29 Å². The van der Waals surface area contributed by atoms with Gasteiger partial charge in [-0.1, -0.05) is 0 Å². The highest BCUT2D eigenvalue weighted by Crippen LogP contribution is 2.43. The van der Waals surface area contributed by atoms with Crippen LogP contribution in [0.5, 0.6) is 0 Å². The maximum atomic E-state index is 13.5. The van der Waals surface area contributed by atoms with Gasteiger partial charge in [0.05, 0.1) is 14.5 Å². The lowest BCUT2D eigenvalue weighted by Crippen LogP contribution is -1.99. The molecule has 0 aliphatic heterocycles. The molecule has 0 bridgehead atoms. The van der Waals surface area contributed by atoms with Crippen LogP contribution < -0.4 is 0 Å². The van der Waals surface area contributed by atoms with E-state index in [-0.39, 0.29) is 16.7 Å². The van der Waals surface area contributed by atoms with Gasteiger partial charge in [-0.05, 0) is 92.6 Å². The van der Waals surface area contributed by atoms with Gasteiger partial charge < -0.3 is 0 Å². The van der Waals surface area contributed by atoms with E-state index in [4.69, 9.17) is 0 Å². The zero-order valence-corrected chi connectivity index (χ0v) is 16.6. The van der Waals surface area contributed by atoms with E-state index in [1.165, 1.54) is 6.07 Å². The van der Waals surface area contributed by atoms with E-state index in [1.807, 2.05) is 0 Å². The minimum absolute atomic E-state index is 0.155. The average Bonchev–Trinajstić information content (AvgIpc) is 3.47. The lowest BCUT2D eigenvalue weighted by atomic mass is 10.1. The molecule has 4 rings (SSSR count). The summed E-state index contributed by atoms with van der Waals surface area (Å²) in [5.74, 6) is -1.99. The normalized spacial score (nSPS) is 16.1. The van der Waals surface area contributed by atoms with Crippen molar-refractivity contribution >= 4 is 38.1 Å². The number of carbonyl (C=O) groups is 1. The first-order valence-electron chi connectivity index (χ1n) is 8.10. The van der Waals surface area contributed by atoms with Gasteiger partial charge in [0.1, 0.15) is 17.5 Å². The zero-order valence-electron chi connectivity index (χ0n) is 13.5. The van der Waals surface area contributed by atoms with Gasteiger partial charge in [-0.3, -0.25) is 4.79 Å². The van der Waals surface area contributed by atoms with Gasteiger partial charge in [0.15, 0.2) is 12.1 Å². The number of hydrogen-bond donors (Lipinski definition) is 0. The number of halogens is 6. The molecule has 2 aliphatic carbocycles. The van der Waals surface area contributed by atoms with E-state index in [9.17, 15) is 22.4 Å². The largest absolute Gasteiger partial charge is 0.298 e. The third-order valence-electron chi connectivity index (χ3n) is 4.41. The summed E-state index contributed by atoms with van der Waals surface area (Å²) in [6.07, 6.45) is 4.09. The molecule has 2 aromatic carbocycles. The van der Waals surface area contributed by atoms with Crippen LogP contribution >= 0.6 is 31.9 Å². The predicted octanol–water partition coefficient (Wildman–Crippen LogP) is 7.02. The Morgan fingerprint density at radius 2 is 1.31 bits per heavy atom. The summed E-state index contributed by atoms with van der Waals surface area (Å²) in [4.78, 5) is 10.5. The second kappa shape index (κ2) is 7.80. The fourth-order valence-electron chi connectivity index (χ4n) is 2.68. The minimum atomic E-state index is -0.818. The molecule has 1 nitrogen and oxygen atoms in total. The molecule has 0 saturated heterocycles. The van der Waals surface area contributed by atoms with Crippen molar-refractivity contribution in [2.75, 3.05) is 0 Å². The minimum Gasteiger partial charge on any atom is -0.298 e. The van der Waals surface area contributed by atoms with E-state index in [2.05, 4.69) is 31.9 Å². The van der Waals surface area contributed by atoms with E-state index in [1.54, 1.807) is 6.07 Å². The maximum absolute atomic E-state index is 13.5. The monoisotopic (exact) mass is 492 g/mol. The van der Waals surface area contributed by atoms with E-state index >= 15 is 0 Å². The van der Waals surface area contributed by atoms with Gasteiger partial charge >= 0.3 is 0 Å². The molecule has 2 aliphatic rings. The van der Waals surface area contributed by atoms with Crippen molar-refractivity contribution in [3.8, 4) is 0 Å². The molecular weight excluding hydrogens is 480 g/mol. The van der Waals surface area contributed by atoms with Gasteiger partial charge in [0.2, 0.25) is 0 Å². The molecule has 2 aromatic rings. The Kier molecular flexibility index (Phi) is 5.87. The summed E-state index contributed by atoms with van der Waals surface area (Å²) in [7, 11) is 0. The SMILES string of the molecule is Fc1cc(F)c(C2CC2)cc1Br.O=Cc1c(F)c(Br)cc(C2CC2)c1F. The number of rotatable bonds is 3. The fraction of sp³-hybridized carbons (Fsp3) is 0.316. The number of carbonyl (C=O) groups excluding carboxylic acids is 1. The van der Waals surface area contributed by atoms with Gasteiger partial charge in [-0.15, -0.1) is 0 Å². The fourth-order valence-corrected chi connectivity index (χ4v) is 3.51. The number of benzene rings is 2. The van der Waals surface area contributed by atoms with Crippen LogP contribution in [0, 0.1) is 23.3 Å². The zero-order chi connectivity index (χ0) is 19.0. The molecule has 7 heteroatoms. The molecule has 0 N–H and O–H groups in total. The standard InChI is InChI=1S/C10H7BrF2O.C9H7BrF2/c11-8-3-6(5-1-2-5)9(12)7(4-14)10(8)13;10-7-3-6(5-1-2-5)8(11)4-9(7)12/h3-5H,1-2H2;3-5H,1-2H2. The molecule has 0 amide bonds. The molecule has 0 spiro atoms. The summed E-state index contributed by atoms with van der Waals surface area (Å²) in [6, 6.07) is 3.91. The lowest BCUT2D eigenvalue weighted by molar-refractivity contribution is 0.111. The molecule has 0 heterocycles. The van der Waals surface area contributed by atoms with Crippen LogP contribution in [0.4, 0.5) is 17.6 Å². The van der Waals surface area contributed by atoms with E-state index in [0.717, 1.165) is 31.7 Å². The van der Waals surface area contributed by atoms with Crippen molar-refractivity contribution in [1.82, 2.24) is 0 Å². The Hall–Kier alpha value is -1.21. The molecular formula is C19H14Br2F4O. The van der Waals surface area contributed by atoms with Crippen LogP contribution in [0.15, 0.2) is 27.1 Å². The third kappa shape index (κ3) is 4.19. The molecule has 0 unspecified atom stereocenters. The lowest BCUT2D eigenvalue weighted by Gasteiger charge is -2.06. The predicted molar refractivity (Wildman–Crippen MR) is 97.5 cm³/mol. The second-order valence-electron chi connectivity index (χ2n) is 6.44. The van der Waals surface area contributed by atoms with E-state index < -0.39 is 28.8 Å². The molecule has 2 fully saturated rings. The number of hydrogen-bond acceptors (Lipinski definition) is 1. The van der Waals surface area contributed by atoms with Crippen molar-refractivity contribution in [3.05, 3.63) is 67.1 Å². The maximum Gasteiger partial charge on any atom is 0.156 e. The molecule has 2 saturated carbocycles. The molecule has 0 radical (unpaired) electrons. The van der Waals surface area contributed by atoms with Crippen LogP contribution in [-0.2, 0) is 0 Å². The van der Waals surface area contributed by atoms with Crippen molar-refractivity contribution in [2.24, 2.45) is 0 Å². The topological polar surface area (TPSA) is 17.1 Å². The Morgan fingerprint density at radius 3 is 1.85 bits per heavy atom. The quantitative estimate of drug-likeness (QED) is 0.255. The molecule has 0 atom stereocenters. The van der Waals surface area contributed by atoms with Crippen LogP contribution in [0.3, 0.4) is 0 Å². The highest BCUT2D eigenvalue weighted by atomic mass is 79.9. The summed E-state index contributed by atoms with van der Waals surface area (Å²) < 4.78 is 53.0. The first kappa shape index (κ1) is 19.5. The number of aldehydes is 1. The van der Waals surface area contributed by atoms with Crippen molar-refractivity contribution in [1.29, 1.82) is 0 Å². The summed E-state index contributed by atoms with van der Waals surface area (Å²) >= 11 is 6.00. The van der Waals surface area contributed by atoms with Gasteiger partial charge in [0.25, 0.3) is 0 Å². The van der Waals surface area contributed by atoms with Crippen molar-refractivity contribution in [3.63, 3.8) is 0 Å². The summed E-state index contributed by atoms with van der Waals surface area (Å²) in [5.41, 5.74) is 0.616. The smallest absolute Gasteiger partial charge is 0.156 e. The third-order valence-corrected chi connectivity index (χ3v) is 5.59. The first-order valence-corrected chi connectivity index (χ1v) is 9.69. The second-order valence-corrected chi connectivity index (χ2v) is 8.15. The van der Waals surface area contributed by atoms with Crippen LogP contribution in [0.25, 0.3) is 0 Å². The molecule has 26 heavy (non-hydrogen) atoms. The Labute approximate surface area is 165 Å². The van der Waals surface area contributed by atoms with Crippen molar-refractivity contribution in [2.45, 2.75) is 37.5 Å². The molecule has 0 aromatic heterocycles. The van der Waals surface area contributed by atoms with Crippen LogP contribution in [0.1, 0.15) is 59.0 Å². The Balaban J connectivity index is 0.000000152. The van der Waals surface area contributed by atoms with Gasteiger partial charge in [-0.2, -0.15) is 0 Å². The van der Waals surface area contributed by atoms with Crippen LogP contribution in [0.2, 0.25) is 0 Å². The highest BCUT2D eigenvalue weighted by Gasteiger charge is 2.30. The molecule has 138 valence electrons. The van der Waals surface area contributed by atoms with E-state index in [0.29, 0.717) is 21.5 Å². The first-order chi connectivity index (χ1) is 12.3. The van der Waals surface area contributed by atoms with Crippen molar-refractivity contribution < 1.29 is 22.4 Å². The Bertz CT molecular complexity index is 861. The highest BCUT2D eigenvalue weighted by molar-refractivity contribution is 9.10. The summed E-state index contributed by atoms with van der Waals surface area (Å²) in [6.45, 7) is 0. The van der Waals surface area contributed by atoms with Gasteiger partial charge in [0, 0.05) is 6.07 Å². The average molecular weight is 494 g/mol. The summed E-state index contributed by atoms with van der Waals surface area (Å²) in [5, 5.41) is 0. The van der Waals surface area contributed by atoms with Gasteiger partial charge in [-0.25, -0.2) is 17.6 Å².